The second kappa shape index (κ2) is 5.28. The number of rotatable bonds is 3. The molecule has 0 atom stereocenters. The normalized spacial score (nSPS) is 10.5. The van der Waals surface area contributed by atoms with E-state index in [0.717, 1.165) is 16.9 Å². The number of allylic oxidation sites excluding steroid dienone is 2. The Hall–Kier alpha value is -2.73. The van der Waals surface area contributed by atoms with Crippen LogP contribution in [-0.4, -0.2) is 9.67 Å². The molecule has 1 N–H and O–H groups in total. The number of aromatic nitrogens is 1. The average Bonchev–Trinajstić information content (AvgIpc) is 2.77. The van der Waals surface area contributed by atoms with Crippen molar-refractivity contribution in [3.63, 3.8) is 0 Å². The first-order valence-electron chi connectivity index (χ1n) is 5.88. The monoisotopic (exact) mass is 250 g/mol. The van der Waals surface area contributed by atoms with Gasteiger partial charge in [-0.2, -0.15) is 5.26 Å². The lowest BCUT2D eigenvalue weighted by Crippen LogP contribution is -1.95. The summed E-state index contributed by atoms with van der Waals surface area (Å²) in [5.74, 6) is -0.00344. The summed E-state index contributed by atoms with van der Waals surface area (Å²) in [6.45, 7) is 5.64. The van der Waals surface area contributed by atoms with E-state index < -0.39 is 0 Å². The third-order valence-corrected chi connectivity index (χ3v) is 2.97. The molecule has 3 nitrogen and oxygen atoms in total. The van der Waals surface area contributed by atoms with Crippen LogP contribution in [0.2, 0.25) is 0 Å². The molecule has 2 rings (SSSR count). The number of nitriles is 1. The highest BCUT2D eigenvalue weighted by Crippen LogP contribution is 2.23. The van der Waals surface area contributed by atoms with Crippen LogP contribution in [0.15, 0.2) is 49.2 Å². The third kappa shape index (κ3) is 2.43. The van der Waals surface area contributed by atoms with Crippen LogP contribution in [0.3, 0.4) is 0 Å². The third-order valence-electron chi connectivity index (χ3n) is 2.97. The van der Waals surface area contributed by atoms with Crippen molar-refractivity contribution in [2.24, 2.45) is 0 Å². The number of phenolic OH excluding ortho intramolecular Hbond substituents is 1. The van der Waals surface area contributed by atoms with Crippen molar-refractivity contribution in [1.82, 2.24) is 4.57 Å². The van der Waals surface area contributed by atoms with Gasteiger partial charge >= 0.3 is 0 Å². The molecule has 0 unspecified atom stereocenters. The van der Waals surface area contributed by atoms with E-state index >= 15 is 0 Å². The van der Waals surface area contributed by atoms with Gasteiger partial charge in [-0.25, -0.2) is 0 Å². The zero-order valence-electron chi connectivity index (χ0n) is 10.7. The standard InChI is InChI=1S/C16H14N2O/c1-3-4-5-13-8-9-18(12(13)2)15-7-6-14(11-17)16(19)10-15/h3-10,19H,1H2,2H3/b5-4-. The van der Waals surface area contributed by atoms with E-state index in [-0.39, 0.29) is 11.3 Å². The Morgan fingerprint density at radius 2 is 2.16 bits per heavy atom. The average molecular weight is 250 g/mol. The van der Waals surface area contributed by atoms with Crippen molar-refractivity contribution in [2.45, 2.75) is 6.92 Å². The van der Waals surface area contributed by atoms with Crippen molar-refractivity contribution in [2.75, 3.05) is 0 Å². The fourth-order valence-electron chi connectivity index (χ4n) is 1.92. The van der Waals surface area contributed by atoms with Gasteiger partial charge in [0, 0.05) is 23.6 Å². The van der Waals surface area contributed by atoms with Crippen LogP contribution in [-0.2, 0) is 0 Å². The Kier molecular flexibility index (Phi) is 3.53. The molecule has 0 saturated heterocycles. The van der Waals surface area contributed by atoms with Gasteiger partial charge in [0.2, 0.25) is 0 Å². The lowest BCUT2D eigenvalue weighted by Gasteiger charge is -2.08. The minimum Gasteiger partial charge on any atom is -0.506 e. The summed E-state index contributed by atoms with van der Waals surface area (Å²) in [5, 5.41) is 18.5. The molecule has 0 amide bonds. The Balaban J connectivity index is 2.46. The molecule has 0 aliphatic rings. The number of nitrogens with zero attached hydrogens (tertiary/aromatic N) is 2. The minimum atomic E-state index is -0.00344. The number of hydrogen-bond donors (Lipinski definition) is 1. The lowest BCUT2D eigenvalue weighted by molar-refractivity contribution is 0.473. The summed E-state index contributed by atoms with van der Waals surface area (Å²) >= 11 is 0. The molecule has 2 aromatic rings. The van der Waals surface area contributed by atoms with Crippen molar-refractivity contribution in [1.29, 1.82) is 5.26 Å². The highest BCUT2D eigenvalue weighted by atomic mass is 16.3. The summed E-state index contributed by atoms with van der Waals surface area (Å²) in [5.41, 5.74) is 3.25. The molecule has 1 aromatic heterocycles. The highest BCUT2D eigenvalue weighted by molar-refractivity contribution is 5.57. The van der Waals surface area contributed by atoms with Gasteiger partial charge < -0.3 is 9.67 Å². The Morgan fingerprint density at radius 1 is 1.37 bits per heavy atom. The minimum absolute atomic E-state index is 0.00344. The molecule has 1 heterocycles. The van der Waals surface area contributed by atoms with E-state index in [0.29, 0.717) is 0 Å². The van der Waals surface area contributed by atoms with Gasteiger partial charge in [-0.1, -0.05) is 24.8 Å². The topological polar surface area (TPSA) is 49.0 Å². The molecule has 0 radical (unpaired) electrons. The van der Waals surface area contributed by atoms with E-state index in [1.807, 2.05) is 48.0 Å². The molecule has 0 fully saturated rings. The number of phenols is 1. The van der Waals surface area contributed by atoms with Gasteiger partial charge in [0.1, 0.15) is 11.8 Å². The molecule has 0 bridgehead atoms. The highest BCUT2D eigenvalue weighted by Gasteiger charge is 2.07. The smallest absolute Gasteiger partial charge is 0.135 e. The second-order valence-corrected chi connectivity index (χ2v) is 4.13. The largest absolute Gasteiger partial charge is 0.506 e. The van der Waals surface area contributed by atoms with E-state index in [1.54, 1.807) is 18.2 Å². The first kappa shape index (κ1) is 12.7. The van der Waals surface area contributed by atoms with Crippen LogP contribution in [0.1, 0.15) is 16.8 Å². The first-order chi connectivity index (χ1) is 9.17. The summed E-state index contributed by atoms with van der Waals surface area (Å²) in [6, 6.07) is 8.95. The van der Waals surface area contributed by atoms with Gasteiger partial charge in [0.25, 0.3) is 0 Å². The van der Waals surface area contributed by atoms with Crippen molar-refractivity contribution < 1.29 is 5.11 Å². The fourth-order valence-corrected chi connectivity index (χ4v) is 1.92. The Labute approximate surface area is 112 Å². The zero-order valence-corrected chi connectivity index (χ0v) is 10.7. The van der Waals surface area contributed by atoms with Crippen LogP contribution >= 0.6 is 0 Å². The van der Waals surface area contributed by atoms with Crippen molar-refractivity contribution >= 4 is 6.08 Å². The second-order valence-electron chi connectivity index (χ2n) is 4.13. The van der Waals surface area contributed by atoms with E-state index in [4.69, 9.17) is 5.26 Å². The SMILES string of the molecule is C=C/C=C\c1ccn(-c2ccc(C#N)c(O)c2)c1C. The fraction of sp³-hybridized carbons (Fsp3) is 0.0625. The maximum atomic E-state index is 9.73. The quantitative estimate of drug-likeness (QED) is 0.847. The molecule has 94 valence electrons. The maximum absolute atomic E-state index is 9.73. The van der Waals surface area contributed by atoms with Gasteiger partial charge in [-0.15, -0.1) is 0 Å². The molecule has 0 aliphatic heterocycles. The van der Waals surface area contributed by atoms with E-state index in [9.17, 15) is 5.11 Å². The number of benzene rings is 1. The molecule has 0 spiro atoms. The Bertz CT molecular complexity index is 687. The summed E-state index contributed by atoms with van der Waals surface area (Å²) in [6.07, 6.45) is 7.51. The van der Waals surface area contributed by atoms with Crippen molar-refractivity contribution in [3.05, 3.63) is 66.0 Å². The van der Waals surface area contributed by atoms with Crippen LogP contribution in [0.25, 0.3) is 11.8 Å². The molecular formula is C16H14N2O. The number of aromatic hydroxyl groups is 1. The molecule has 0 aliphatic carbocycles. The predicted octanol–water partition coefficient (Wildman–Crippen LogP) is 3.56. The van der Waals surface area contributed by atoms with Crippen molar-refractivity contribution in [3.8, 4) is 17.5 Å². The van der Waals surface area contributed by atoms with Gasteiger partial charge in [0.05, 0.1) is 5.56 Å². The molecule has 1 aromatic carbocycles. The predicted molar refractivity (Wildman–Crippen MR) is 76.1 cm³/mol. The number of hydrogen-bond acceptors (Lipinski definition) is 2. The molecular weight excluding hydrogens is 236 g/mol. The Morgan fingerprint density at radius 3 is 2.79 bits per heavy atom. The molecule has 0 saturated carbocycles. The summed E-state index contributed by atoms with van der Waals surface area (Å²) in [4.78, 5) is 0. The lowest BCUT2D eigenvalue weighted by atomic mass is 10.2. The van der Waals surface area contributed by atoms with Gasteiger partial charge in [-0.05, 0) is 30.7 Å². The first-order valence-corrected chi connectivity index (χ1v) is 5.88. The van der Waals surface area contributed by atoms with Gasteiger partial charge in [-0.3, -0.25) is 0 Å². The molecule has 3 heteroatoms. The summed E-state index contributed by atoms with van der Waals surface area (Å²) in [7, 11) is 0. The molecule has 19 heavy (non-hydrogen) atoms. The maximum Gasteiger partial charge on any atom is 0.135 e. The van der Waals surface area contributed by atoms with Crippen LogP contribution in [0, 0.1) is 18.3 Å². The van der Waals surface area contributed by atoms with Crippen LogP contribution in [0.5, 0.6) is 5.75 Å². The van der Waals surface area contributed by atoms with Gasteiger partial charge in [0.15, 0.2) is 0 Å². The van der Waals surface area contributed by atoms with E-state index in [2.05, 4.69) is 6.58 Å². The van der Waals surface area contributed by atoms with E-state index in [1.165, 1.54) is 0 Å². The van der Waals surface area contributed by atoms with Crippen LogP contribution < -0.4 is 0 Å². The zero-order chi connectivity index (χ0) is 13.8. The van der Waals surface area contributed by atoms with Crippen LogP contribution in [0.4, 0.5) is 0 Å². The summed E-state index contributed by atoms with van der Waals surface area (Å²) < 4.78 is 1.96.